The molecule has 2 aromatic carbocycles. The van der Waals surface area contributed by atoms with Crippen LogP contribution in [0.15, 0.2) is 53.7 Å². The minimum atomic E-state index is -0.447. The first kappa shape index (κ1) is 24.2. The van der Waals surface area contributed by atoms with Gasteiger partial charge in [0.2, 0.25) is 0 Å². The summed E-state index contributed by atoms with van der Waals surface area (Å²) in [5, 5.41) is 3.66. The van der Waals surface area contributed by atoms with Gasteiger partial charge >= 0.3 is 0 Å². The molecule has 0 atom stereocenters. The Hall–Kier alpha value is -2.45. The van der Waals surface area contributed by atoms with Gasteiger partial charge < -0.3 is 14.8 Å². The van der Waals surface area contributed by atoms with Gasteiger partial charge in [-0.15, -0.1) is 11.3 Å². The Morgan fingerprint density at radius 3 is 2.59 bits per heavy atom. The number of carbonyl (C=O) groups is 2. The van der Waals surface area contributed by atoms with Crippen molar-refractivity contribution in [3.05, 3.63) is 85.1 Å². The van der Waals surface area contributed by atoms with Gasteiger partial charge in [0.1, 0.15) is 0 Å². The van der Waals surface area contributed by atoms with Crippen LogP contribution in [0.5, 0.6) is 0 Å². The van der Waals surface area contributed by atoms with Gasteiger partial charge in [0, 0.05) is 34.7 Å². The molecule has 2 amide bonds. The summed E-state index contributed by atoms with van der Waals surface area (Å²) in [5.41, 5.74) is 1.72. The van der Waals surface area contributed by atoms with Gasteiger partial charge in [-0.25, -0.2) is 0 Å². The normalized spacial score (nSPS) is 11.8. The molecule has 0 saturated heterocycles. The van der Waals surface area contributed by atoms with Crippen LogP contribution in [-0.4, -0.2) is 48.5 Å². The fourth-order valence-electron chi connectivity index (χ4n) is 3.07. The molecule has 0 aliphatic heterocycles. The number of nitrogens with zero attached hydrogens (tertiary/aromatic N) is 3. The lowest BCUT2D eigenvalue weighted by molar-refractivity contribution is 0.0948. The maximum Gasteiger partial charge on any atom is 0.281 e. The molecule has 9 heteroatoms. The van der Waals surface area contributed by atoms with Gasteiger partial charge in [0.05, 0.1) is 17.1 Å². The van der Waals surface area contributed by atoms with Crippen molar-refractivity contribution in [2.75, 3.05) is 27.2 Å². The topological polar surface area (TPSA) is 66.7 Å². The summed E-state index contributed by atoms with van der Waals surface area (Å²) >= 11 is 13.5. The number of amides is 2. The number of aromatic nitrogens is 1. The summed E-state index contributed by atoms with van der Waals surface area (Å²) < 4.78 is 1.87. The first-order valence-electron chi connectivity index (χ1n) is 9.96. The maximum absolute atomic E-state index is 12.7. The van der Waals surface area contributed by atoms with Crippen LogP contribution in [0, 0.1) is 6.92 Å². The molecule has 1 aromatic heterocycles. The SMILES string of the molecule is Cc1cn(Cc2ccccc2C(=O)NCCN(C)C)c(=NC(=O)c2ccc(Cl)cc2Cl)s1. The highest BCUT2D eigenvalue weighted by atomic mass is 35.5. The van der Waals surface area contributed by atoms with E-state index < -0.39 is 5.91 Å². The maximum atomic E-state index is 12.7. The molecule has 0 saturated carbocycles. The summed E-state index contributed by atoms with van der Waals surface area (Å²) in [6.45, 7) is 3.66. The molecule has 0 aliphatic rings. The second-order valence-electron chi connectivity index (χ2n) is 7.51. The van der Waals surface area contributed by atoms with Crippen LogP contribution in [0.1, 0.15) is 31.2 Å². The fourth-order valence-corrected chi connectivity index (χ4v) is 4.39. The van der Waals surface area contributed by atoms with Gasteiger partial charge in [0.25, 0.3) is 11.8 Å². The van der Waals surface area contributed by atoms with Crippen molar-refractivity contribution in [3.63, 3.8) is 0 Å². The minimum absolute atomic E-state index is 0.127. The first-order chi connectivity index (χ1) is 15.2. The minimum Gasteiger partial charge on any atom is -0.351 e. The standard InChI is InChI=1S/C23H24Cl2N4O2S/c1-15-13-29(23(32-15)27-22(31)19-9-8-17(24)12-20(19)25)14-16-6-4-5-7-18(16)21(30)26-10-11-28(2)3/h4-9,12-13H,10-11,14H2,1-3H3,(H,26,30). The summed E-state index contributed by atoms with van der Waals surface area (Å²) in [6, 6.07) is 12.1. The van der Waals surface area contributed by atoms with Gasteiger partial charge in [-0.1, -0.05) is 41.4 Å². The molecule has 3 aromatic rings. The highest BCUT2D eigenvalue weighted by Crippen LogP contribution is 2.21. The highest BCUT2D eigenvalue weighted by Gasteiger charge is 2.14. The molecule has 32 heavy (non-hydrogen) atoms. The summed E-state index contributed by atoms with van der Waals surface area (Å²) in [4.78, 5) is 33.3. The number of aryl methyl sites for hydroxylation is 1. The van der Waals surface area contributed by atoms with Crippen molar-refractivity contribution in [2.45, 2.75) is 13.5 Å². The van der Waals surface area contributed by atoms with E-state index in [9.17, 15) is 9.59 Å². The van der Waals surface area contributed by atoms with Crippen LogP contribution in [0.25, 0.3) is 0 Å². The molecule has 0 bridgehead atoms. The van der Waals surface area contributed by atoms with Crippen molar-refractivity contribution in [1.29, 1.82) is 0 Å². The van der Waals surface area contributed by atoms with E-state index in [1.165, 1.54) is 17.4 Å². The van der Waals surface area contributed by atoms with Crippen molar-refractivity contribution in [1.82, 2.24) is 14.8 Å². The second-order valence-corrected chi connectivity index (χ2v) is 9.57. The van der Waals surface area contributed by atoms with Crippen LogP contribution >= 0.6 is 34.5 Å². The van der Waals surface area contributed by atoms with Crippen molar-refractivity contribution in [2.24, 2.45) is 4.99 Å². The second kappa shape index (κ2) is 10.9. The Bertz CT molecular complexity index is 1200. The number of nitrogens with one attached hydrogen (secondary N) is 1. The molecule has 168 valence electrons. The van der Waals surface area contributed by atoms with Crippen LogP contribution in [0.2, 0.25) is 10.0 Å². The lowest BCUT2D eigenvalue weighted by Gasteiger charge is -2.13. The van der Waals surface area contributed by atoms with E-state index in [1.54, 1.807) is 18.2 Å². The van der Waals surface area contributed by atoms with Crippen LogP contribution < -0.4 is 10.1 Å². The zero-order valence-electron chi connectivity index (χ0n) is 18.1. The molecule has 0 radical (unpaired) electrons. The fraction of sp³-hybridized carbons (Fsp3) is 0.261. The van der Waals surface area contributed by atoms with Crippen LogP contribution in [0.3, 0.4) is 0 Å². The quantitative estimate of drug-likeness (QED) is 0.538. The van der Waals surface area contributed by atoms with Gasteiger partial charge in [-0.05, 0) is 50.8 Å². The average molecular weight is 491 g/mol. The zero-order chi connectivity index (χ0) is 23.3. The molecule has 1 heterocycles. The van der Waals surface area contributed by atoms with Gasteiger partial charge in [-0.3, -0.25) is 9.59 Å². The van der Waals surface area contributed by atoms with E-state index >= 15 is 0 Å². The predicted octanol–water partition coefficient (Wildman–Crippen LogP) is 4.25. The number of likely N-dealkylation sites (N-methyl/N-ethyl adjacent to an activating group) is 1. The highest BCUT2D eigenvalue weighted by molar-refractivity contribution is 7.09. The Balaban J connectivity index is 1.88. The third-order valence-corrected chi connectivity index (χ3v) is 6.13. The Morgan fingerprint density at radius 2 is 1.88 bits per heavy atom. The van der Waals surface area contributed by atoms with E-state index in [0.717, 1.165) is 17.0 Å². The zero-order valence-corrected chi connectivity index (χ0v) is 20.4. The number of hydrogen-bond donors (Lipinski definition) is 1. The number of hydrogen-bond acceptors (Lipinski definition) is 4. The third-order valence-electron chi connectivity index (χ3n) is 4.64. The number of rotatable bonds is 7. The molecular weight excluding hydrogens is 467 g/mol. The molecule has 6 nitrogen and oxygen atoms in total. The first-order valence-corrected chi connectivity index (χ1v) is 11.5. The largest absolute Gasteiger partial charge is 0.351 e. The van der Waals surface area contributed by atoms with Crippen molar-refractivity contribution < 1.29 is 9.59 Å². The summed E-state index contributed by atoms with van der Waals surface area (Å²) in [7, 11) is 3.92. The lowest BCUT2D eigenvalue weighted by Crippen LogP contribution is -2.32. The van der Waals surface area contributed by atoms with Crippen molar-refractivity contribution in [3.8, 4) is 0 Å². The molecule has 0 unspecified atom stereocenters. The van der Waals surface area contributed by atoms with E-state index in [2.05, 4.69) is 10.3 Å². The molecule has 0 fully saturated rings. The molecular formula is C23H24Cl2N4O2S. The van der Waals surface area contributed by atoms with Gasteiger partial charge in [0.15, 0.2) is 4.80 Å². The molecule has 1 N–H and O–H groups in total. The van der Waals surface area contributed by atoms with E-state index in [1.807, 2.05) is 54.9 Å². The Morgan fingerprint density at radius 1 is 1.12 bits per heavy atom. The van der Waals surface area contributed by atoms with Gasteiger partial charge in [-0.2, -0.15) is 4.99 Å². The number of thiazole rings is 1. The number of benzene rings is 2. The molecule has 0 aliphatic carbocycles. The predicted molar refractivity (Wildman–Crippen MR) is 130 cm³/mol. The summed E-state index contributed by atoms with van der Waals surface area (Å²) in [6.07, 6.45) is 1.92. The van der Waals surface area contributed by atoms with Crippen molar-refractivity contribution >= 4 is 46.4 Å². The van der Waals surface area contributed by atoms with Crippen LogP contribution in [-0.2, 0) is 6.54 Å². The van der Waals surface area contributed by atoms with E-state index in [-0.39, 0.29) is 16.5 Å². The summed E-state index contributed by atoms with van der Waals surface area (Å²) in [5.74, 6) is -0.575. The molecule has 0 spiro atoms. The van der Waals surface area contributed by atoms with E-state index in [4.69, 9.17) is 23.2 Å². The third kappa shape index (κ3) is 6.29. The number of carbonyl (C=O) groups excluding carboxylic acids is 2. The average Bonchev–Trinajstić information content (AvgIpc) is 3.06. The van der Waals surface area contributed by atoms with E-state index in [0.29, 0.717) is 28.5 Å². The monoisotopic (exact) mass is 490 g/mol. The van der Waals surface area contributed by atoms with Crippen LogP contribution in [0.4, 0.5) is 0 Å². The Kier molecular flexibility index (Phi) is 8.26. The number of halogens is 2. The lowest BCUT2D eigenvalue weighted by atomic mass is 10.1. The molecule has 3 rings (SSSR count). The Labute approximate surface area is 201 Å². The smallest absolute Gasteiger partial charge is 0.281 e.